The molecule has 0 unspecified atom stereocenters. The number of hydrogen-bond donors (Lipinski definition) is 0. The van der Waals surface area contributed by atoms with Crippen molar-refractivity contribution in [2.75, 3.05) is 0 Å². The molecule has 0 N–H and O–H groups in total. The van der Waals surface area contributed by atoms with Crippen LogP contribution in [0.4, 0.5) is 0 Å². The summed E-state index contributed by atoms with van der Waals surface area (Å²) in [5.74, 6) is 2.36. The van der Waals surface area contributed by atoms with Crippen LogP contribution in [0.1, 0.15) is 54.2 Å². The van der Waals surface area contributed by atoms with E-state index in [1.165, 1.54) is 16.7 Å². The summed E-state index contributed by atoms with van der Waals surface area (Å²) in [6.45, 7) is 12.6. The minimum absolute atomic E-state index is 0.786. The van der Waals surface area contributed by atoms with Gasteiger partial charge in [0.2, 0.25) is 0 Å². The van der Waals surface area contributed by atoms with E-state index >= 15 is 0 Å². The average molecular weight is 437 g/mol. The molecular weight excluding hydrogens is 403 g/mol. The van der Waals surface area contributed by atoms with Gasteiger partial charge in [0.05, 0.1) is 0 Å². The van der Waals surface area contributed by atoms with E-state index in [-0.39, 0.29) is 0 Å². The SMILES string of the molecule is CCc1ccc(OP(Oc2ccc(CC)cc2C)Oc2ccc(CC)cc2C)c(C)c1. The van der Waals surface area contributed by atoms with Crippen molar-refractivity contribution in [3.8, 4) is 17.2 Å². The van der Waals surface area contributed by atoms with Gasteiger partial charge in [0, 0.05) is 0 Å². The molecule has 4 heteroatoms. The highest BCUT2D eigenvalue weighted by molar-refractivity contribution is 7.43. The maximum atomic E-state index is 6.30. The molecule has 0 heterocycles. The lowest BCUT2D eigenvalue weighted by atomic mass is 10.1. The Kier molecular flexibility index (Phi) is 7.98. The van der Waals surface area contributed by atoms with Crippen LogP contribution in [0.15, 0.2) is 54.6 Å². The lowest BCUT2D eigenvalue weighted by Gasteiger charge is -2.21. The van der Waals surface area contributed by atoms with Crippen LogP contribution in [0.2, 0.25) is 0 Å². The smallest absolute Gasteiger partial charge is 0.408 e. The normalized spacial score (nSPS) is 10.9. The van der Waals surface area contributed by atoms with E-state index in [1.807, 2.05) is 18.2 Å². The Morgan fingerprint density at radius 1 is 0.516 bits per heavy atom. The molecule has 0 saturated heterocycles. The predicted molar refractivity (Wildman–Crippen MR) is 130 cm³/mol. The van der Waals surface area contributed by atoms with Crippen LogP contribution in [-0.4, -0.2) is 0 Å². The van der Waals surface area contributed by atoms with E-state index in [9.17, 15) is 0 Å². The topological polar surface area (TPSA) is 27.7 Å². The third-order valence-corrected chi connectivity index (χ3v) is 6.50. The fourth-order valence-electron chi connectivity index (χ4n) is 3.40. The third kappa shape index (κ3) is 6.02. The molecule has 0 saturated carbocycles. The Morgan fingerprint density at radius 3 is 1.03 bits per heavy atom. The van der Waals surface area contributed by atoms with E-state index < -0.39 is 8.60 Å². The number of benzene rings is 3. The molecule has 3 aromatic carbocycles. The van der Waals surface area contributed by atoms with Crippen molar-refractivity contribution in [3.63, 3.8) is 0 Å². The molecule has 0 atom stereocenters. The van der Waals surface area contributed by atoms with Gasteiger partial charge >= 0.3 is 8.60 Å². The lowest BCUT2D eigenvalue weighted by Crippen LogP contribution is -2.05. The zero-order valence-corrected chi connectivity index (χ0v) is 20.4. The Balaban J connectivity index is 1.89. The lowest BCUT2D eigenvalue weighted by molar-refractivity contribution is 0.384. The first kappa shape index (κ1) is 23.2. The van der Waals surface area contributed by atoms with Crippen molar-refractivity contribution in [1.29, 1.82) is 0 Å². The summed E-state index contributed by atoms with van der Waals surface area (Å²) in [6, 6.07) is 18.8. The number of hydrogen-bond acceptors (Lipinski definition) is 3. The molecule has 0 aliphatic carbocycles. The summed E-state index contributed by atoms with van der Waals surface area (Å²) in [5.41, 5.74) is 7.09. The maximum Gasteiger partial charge on any atom is 0.530 e. The molecule has 0 bridgehead atoms. The van der Waals surface area contributed by atoms with Gasteiger partial charge in [-0.1, -0.05) is 57.2 Å². The third-order valence-electron chi connectivity index (χ3n) is 5.46. The molecule has 0 spiro atoms. The van der Waals surface area contributed by atoms with Crippen molar-refractivity contribution in [2.45, 2.75) is 60.8 Å². The summed E-state index contributed by atoms with van der Waals surface area (Å²) < 4.78 is 18.9. The predicted octanol–water partition coefficient (Wildman–Crippen LogP) is 8.06. The van der Waals surface area contributed by atoms with E-state index in [2.05, 4.69) is 77.9 Å². The second-order valence-electron chi connectivity index (χ2n) is 7.86. The fraction of sp³-hybridized carbons (Fsp3) is 0.333. The summed E-state index contributed by atoms with van der Waals surface area (Å²) in [7, 11) is -1.68. The van der Waals surface area contributed by atoms with Crippen LogP contribution in [-0.2, 0) is 19.3 Å². The second kappa shape index (κ2) is 10.7. The van der Waals surface area contributed by atoms with E-state index in [1.54, 1.807) is 0 Å². The molecule has 0 aliphatic rings. The first-order valence-corrected chi connectivity index (χ1v) is 12.2. The highest BCUT2D eigenvalue weighted by Gasteiger charge is 2.22. The van der Waals surface area contributed by atoms with Gasteiger partial charge < -0.3 is 13.6 Å². The van der Waals surface area contributed by atoms with Gasteiger partial charge in [0.25, 0.3) is 0 Å². The summed E-state index contributed by atoms with van der Waals surface area (Å²) >= 11 is 0. The molecule has 0 aliphatic heterocycles. The summed E-state index contributed by atoms with van der Waals surface area (Å²) in [6.07, 6.45) is 2.98. The fourth-order valence-corrected chi connectivity index (χ4v) is 4.61. The molecule has 0 fully saturated rings. The molecular formula is C27H33O3P. The largest absolute Gasteiger partial charge is 0.530 e. The van der Waals surface area contributed by atoms with E-state index in [4.69, 9.17) is 13.6 Å². The van der Waals surface area contributed by atoms with Crippen LogP contribution in [0, 0.1) is 20.8 Å². The van der Waals surface area contributed by atoms with Crippen LogP contribution < -0.4 is 13.6 Å². The van der Waals surface area contributed by atoms with Crippen molar-refractivity contribution in [2.24, 2.45) is 0 Å². The molecule has 3 aromatic rings. The number of aryl methyl sites for hydroxylation is 6. The van der Waals surface area contributed by atoms with Crippen molar-refractivity contribution in [3.05, 3.63) is 88.0 Å². The van der Waals surface area contributed by atoms with Crippen molar-refractivity contribution in [1.82, 2.24) is 0 Å². The maximum absolute atomic E-state index is 6.30. The summed E-state index contributed by atoms with van der Waals surface area (Å²) in [4.78, 5) is 0. The quantitative estimate of drug-likeness (QED) is 0.318. The van der Waals surface area contributed by atoms with Gasteiger partial charge in [0.15, 0.2) is 0 Å². The molecule has 164 valence electrons. The summed E-state index contributed by atoms with van der Waals surface area (Å²) in [5, 5.41) is 0. The molecule has 0 aromatic heterocycles. The van der Waals surface area contributed by atoms with E-state index in [0.29, 0.717) is 0 Å². The first-order valence-electron chi connectivity index (χ1n) is 11.1. The Morgan fingerprint density at radius 2 is 0.806 bits per heavy atom. The van der Waals surface area contributed by atoms with Gasteiger partial charge in [-0.2, -0.15) is 0 Å². The number of rotatable bonds is 9. The van der Waals surface area contributed by atoms with Gasteiger partial charge in [-0.3, -0.25) is 0 Å². The molecule has 0 amide bonds. The molecule has 3 nitrogen and oxygen atoms in total. The van der Waals surface area contributed by atoms with Gasteiger partial charge in [-0.05, 0) is 91.6 Å². The van der Waals surface area contributed by atoms with Crippen molar-refractivity contribution < 1.29 is 13.6 Å². The van der Waals surface area contributed by atoms with Crippen LogP contribution in [0.25, 0.3) is 0 Å². The van der Waals surface area contributed by atoms with E-state index in [0.717, 1.165) is 53.2 Å². The zero-order valence-electron chi connectivity index (χ0n) is 19.5. The average Bonchev–Trinajstić information content (AvgIpc) is 2.77. The monoisotopic (exact) mass is 436 g/mol. The van der Waals surface area contributed by atoms with Crippen LogP contribution >= 0.6 is 8.60 Å². The van der Waals surface area contributed by atoms with Crippen LogP contribution in [0.5, 0.6) is 17.2 Å². The first-order chi connectivity index (χ1) is 14.9. The zero-order chi connectivity index (χ0) is 22.4. The van der Waals surface area contributed by atoms with Gasteiger partial charge in [-0.25, -0.2) is 0 Å². The molecule has 0 radical (unpaired) electrons. The standard InChI is InChI=1S/C27H33O3P/c1-7-22-10-13-25(19(4)16-22)28-31(29-26-14-11-23(8-2)17-20(26)5)30-27-15-12-24(9-3)18-21(27)6/h10-18H,7-9H2,1-6H3. The minimum Gasteiger partial charge on any atom is -0.408 e. The highest BCUT2D eigenvalue weighted by atomic mass is 31.2. The Bertz CT molecular complexity index is 897. The Hall–Kier alpha value is -2.51. The van der Waals surface area contributed by atoms with Gasteiger partial charge in [0.1, 0.15) is 17.2 Å². The second-order valence-corrected chi connectivity index (χ2v) is 8.85. The van der Waals surface area contributed by atoms with Crippen LogP contribution in [0.3, 0.4) is 0 Å². The van der Waals surface area contributed by atoms with Crippen molar-refractivity contribution >= 4 is 8.60 Å². The highest BCUT2D eigenvalue weighted by Crippen LogP contribution is 2.45. The minimum atomic E-state index is -1.68. The Labute approximate surface area is 188 Å². The molecule has 3 rings (SSSR count). The molecule has 31 heavy (non-hydrogen) atoms. The van der Waals surface area contributed by atoms with Gasteiger partial charge in [-0.15, -0.1) is 0 Å².